The van der Waals surface area contributed by atoms with Gasteiger partial charge >= 0.3 is 0 Å². The second kappa shape index (κ2) is 10.6. The minimum absolute atomic E-state index is 0.299. The summed E-state index contributed by atoms with van der Waals surface area (Å²) >= 11 is 0. The number of aliphatic hydroxyl groups is 1. The molecule has 0 saturated carbocycles. The van der Waals surface area contributed by atoms with Gasteiger partial charge in [-0.1, -0.05) is 37.3 Å². The van der Waals surface area contributed by atoms with Crippen LogP contribution in [-0.4, -0.2) is 64.2 Å². The van der Waals surface area contributed by atoms with Crippen LogP contribution in [0.3, 0.4) is 0 Å². The molecule has 9 nitrogen and oxygen atoms in total. The van der Waals surface area contributed by atoms with E-state index >= 15 is 0 Å². The van der Waals surface area contributed by atoms with E-state index in [0.717, 1.165) is 5.56 Å². The Morgan fingerprint density at radius 1 is 1.10 bits per heavy atom. The number of hydrogen-bond acceptors (Lipinski definition) is 6. The van der Waals surface area contributed by atoms with Crippen LogP contribution >= 0.6 is 0 Å². The molecule has 208 valence electrons. The first kappa shape index (κ1) is 27.1. The molecule has 3 amide bonds. The van der Waals surface area contributed by atoms with Crippen LogP contribution in [0.25, 0.3) is 0 Å². The molecule has 39 heavy (non-hydrogen) atoms. The Labute approximate surface area is 228 Å². The van der Waals surface area contributed by atoms with Crippen LogP contribution in [0, 0.1) is 11.8 Å². The molecule has 0 aromatic heterocycles. The number of carbonyl (C=O) groups is 3. The molecule has 0 aliphatic carbocycles. The summed E-state index contributed by atoms with van der Waals surface area (Å²) in [5.74, 6) is -1.85. The first-order chi connectivity index (χ1) is 18.8. The van der Waals surface area contributed by atoms with E-state index in [0.29, 0.717) is 43.9 Å². The molecule has 2 bridgehead atoms. The molecular formula is C30H37N3O6. The lowest BCUT2D eigenvalue weighted by atomic mass is 9.65. The number of nitrogens with zero attached hydrogens (tertiary/aromatic N) is 1. The maximum atomic E-state index is 14.1. The average Bonchev–Trinajstić information content (AvgIpc) is 3.56. The van der Waals surface area contributed by atoms with Crippen LogP contribution in [0.1, 0.15) is 45.6 Å². The summed E-state index contributed by atoms with van der Waals surface area (Å²) in [6.45, 7) is 6.11. The Morgan fingerprint density at radius 2 is 1.82 bits per heavy atom. The van der Waals surface area contributed by atoms with Gasteiger partial charge in [-0.05, 0) is 62.9 Å². The third-order valence-electron chi connectivity index (χ3n) is 8.63. The normalized spacial score (nSPS) is 29.7. The molecule has 6 atom stereocenters. The third kappa shape index (κ3) is 4.47. The van der Waals surface area contributed by atoms with Gasteiger partial charge in [0.2, 0.25) is 17.7 Å². The standard InChI is InChI=1S/C30H37N3O6/c1-4-29-15-16-30(39-29)24(23(29)26(35)32-21-11-13-22(14-12-21)38-5-2)28(37)33(19(3)18-34)25(30)27(36)31-17-20-9-7-6-8-10-20/h6-14,19,23-25,34H,4-5,15-18H2,1-3H3,(H,31,36)(H,32,35)/t19-,23-,24+,25?,29+,30?/m1/s1. The molecule has 9 heteroatoms. The summed E-state index contributed by atoms with van der Waals surface area (Å²) in [5, 5.41) is 16.0. The number of hydrogen-bond donors (Lipinski definition) is 3. The number of amides is 3. The van der Waals surface area contributed by atoms with E-state index in [1.165, 1.54) is 4.90 Å². The zero-order valence-electron chi connectivity index (χ0n) is 22.7. The van der Waals surface area contributed by atoms with Crippen LogP contribution < -0.4 is 15.4 Å². The predicted octanol–water partition coefficient (Wildman–Crippen LogP) is 2.88. The van der Waals surface area contributed by atoms with Crippen LogP contribution in [-0.2, 0) is 25.7 Å². The fourth-order valence-electron chi connectivity index (χ4n) is 6.82. The van der Waals surface area contributed by atoms with Crippen LogP contribution in [0.15, 0.2) is 54.6 Å². The highest BCUT2D eigenvalue weighted by Gasteiger charge is 2.78. The molecule has 3 aliphatic heterocycles. The molecule has 2 aromatic carbocycles. The van der Waals surface area contributed by atoms with Gasteiger partial charge in [-0.15, -0.1) is 0 Å². The molecule has 0 radical (unpaired) electrons. The van der Waals surface area contributed by atoms with Crippen molar-refractivity contribution in [2.45, 2.75) is 69.9 Å². The number of carbonyl (C=O) groups excluding carboxylic acids is 3. The molecule has 2 aromatic rings. The van der Waals surface area contributed by atoms with Gasteiger partial charge in [0.15, 0.2) is 0 Å². The maximum Gasteiger partial charge on any atom is 0.246 e. The summed E-state index contributed by atoms with van der Waals surface area (Å²) < 4.78 is 12.2. The zero-order valence-corrected chi connectivity index (χ0v) is 22.7. The summed E-state index contributed by atoms with van der Waals surface area (Å²) in [6, 6.07) is 15.1. The maximum absolute atomic E-state index is 14.1. The minimum Gasteiger partial charge on any atom is -0.494 e. The Kier molecular flexibility index (Phi) is 7.39. The number of benzene rings is 2. The Hall–Kier alpha value is -3.43. The summed E-state index contributed by atoms with van der Waals surface area (Å²) in [6.07, 6.45) is 1.59. The summed E-state index contributed by atoms with van der Waals surface area (Å²) in [7, 11) is 0. The first-order valence-electron chi connectivity index (χ1n) is 13.8. The lowest BCUT2D eigenvalue weighted by Gasteiger charge is -2.36. The van der Waals surface area contributed by atoms with Crippen molar-refractivity contribution >= 4 is 23.4 Å². The van der Waals surface area contributed by atoms with Gasteiger partial charge in [-0.3, -0.25) is 14.4 Å². The number of fused-ring (bicyclic) bond motifs is 1. The topological polar surface area (TPSA) is 117 Å². The van der Waals surface area contributed by atoms with Crippen molar-refractivity contribution in [2.24, 2.45) is 11.8 Å². The van der Waals surface area contributed by atoms with Gasteiger partial charge in [-0.2, -0.15) is 0 Å². The van der Waals surface area contributed by atoms with Crippen LogP contribution in [0.2, 0.25) is 0 Å². The average molecular weight is 536 g/mol. The van der Waals surface area contributed by atoms with Gasteiger partial charge < -0.3 is 30.1 Å². The van der Waals surface area contributed by atoms with Crippen molar-refractivity contribution in [3.63, 3.8) is 0 Å². The van der Waals surface area contributed by atoms with Gasteiger partial charge in [0, 0.05) is 12.2 Å². The molecular weight excluding hydrogens is 498 g/mol. The lowest BCUT2D eigenvalue weighted by Crippen LogP contribution is -2.57. The highest BCUT2D eigenvalue weighted by atomic mass is 16.5. The molecule has 3 N–H and O–H groups in total. The number of rotatable bonds is 10. The molecule has 2 unspecified atom stereocenters. The van der Waals surface area contributed by atoms with Gasteiger partial charge in [0.25, 0.3) is 0 Å². The SMILES string of the molecule is CCOc1ccc(NC(=O)[C@H]2[C@H]3C(=O)N([C@H](C)CO)C(C(=O)NCc4ccccc4)C34CC[C@]2(CC)O4)cc1. The predicted molar refractivity (Wildman–Crippen MR) is 145 cm³/mol. The zero-order chi connectivity index (χ0) is 27.8. The summed E-state index contributed by atoms with van der Waals surface area (Å²) in [5.41, 5.74) is -0.463. The Bertz CT molecular complexity index is 1220. The second-order valence-corrected chi connectivity index (χ2v) is 10.8. The Balaban J connectivity index is 1.46. The monoisotopic (exact) mass is 535 g/mol. The third-order valence-corrected chi connectivity index (χ3v) is 8.63. The number of anilines is 1. The lowest BCUT2D eigenvalue weighted by molar-refractivity contribution is -0.149. The highest BCUT2D eigenvalue weighted by Crippen LogP contribution is 2.64. The van der Waals surface area contributed by atoms with Crippen LogP contribution in [0.5, 0.6) is 5.75 Å². The molecule has 3 heterocycles. The van der Waals surface area contributed by atoms with Crippen molar-refractivity contribution in [1.29, 1.82) is 0 Å². The number of aliphatic hydroxyl groups excluding tert-OH is 1. The van der Waals surface area contributed by atoms with E-state index in [4.69, 9.17) is 9.47 Å². The van der Waals surface area contributed by atoms with E-state index in [9.17, 15) is 19.5 Å². The fourth-order valence-corrected chi connectivity index (χ4v) is 6.82. The van der Waals surface area contributed by atoms with E-state index in [1.807, 2.05) is 44.2 Å². The van der Waals surface area contributed by atoms with Gasteiger partial charge in [0.1, 0.15) is 17.4 Å². The first-order valence-corrected chi connectivity index (χ1v) is 13.8. The smallest absolute Gasteiger partial charge is 0.246 e. The van der Waals surface area contributed by atoms with E-state index in [1.54, 1.807) is 31.2 Å². The number of likely N-dealkylation sites (tertiary alicyclic amines) is 1. The van der Waals surface area contributed by atoms with E-state index < -0.39 is 35.1 Å². The van der Waals surface area contributed by atoms with E-state index in [-0.39, 0.29) is 24.3 Å². The molecule has 3 saturated heterocycles. The Morgan fingerprint density at radius 3 is 2.46 bits per heavy atom. The quantitative estimate of drug-likeness (QED) is 0.431. The van der Waals surface area contributed by atoms with Crippen LogP contribution in [0.4, 0.5) is 5.69 Å². The van der Waals surface area contributed by atoms with Gasteiger partial charge in [-0.25, -0.2) is 0 Å². The largest absolute Gasteiger partial charge is 0.494 e. The second-order valence-electron chi connectivity index (χ2n) is 10.8. The van der Waals surface area contributed by atoms with Crippen molar-refractivity contribution in [1.82, 2.24) is 10.2 Å². The minimum atomic E-state index is -1.14. The van der Waals surface area contributed by atoms with Gasteiger partial charge in [0.05, 0.1) is 36.7 Å². The van der Waals surface area contributed by atoms with Crippen molar-refractivity contribution in [3.05, 3.63) is 60.2 Å². The van der Waals surface area contributed by atoms with E-state index in [2.05, 4.69) is 10.6 Å². The number of nitrogens with one attached hydrogen (secondary N) is 2. The van der Waals surface area contributed by atoms with Crippen molar-refractivity contribution < 1.29 is 29.0 Å². The fraction of sp³-hybridized carbons (Fsp3) is 0.500. The number of ether oxygens (including phenoxy) is 2. The van der Waals surface area contributed by atoms with Crippen molar-refractivity contribution in [2.75, 3.05) is 18.5 Å². The molecule has 1 spiro atoms. The van der Waals surface area contributed by atoms with Crippen molar-refractivity contribution in [3.8, 4) is 5.75 Å². The molecule has 3 aliphatic rings. The molecule has 3 fully saturated rings. The highest BCUT2D eigenvalue weighted by molar-refractivity contribution is 6.02. The molecule has 5 rings (SSSR count). The summed E-state index contributed by atoms with van der Waals surface area (Å²) in [4.78, 5) is 43.2.